The van der Waals surface area contributed by atoms with E-state index in [0.29, 0.717) is 39.1 Å². The smallest absolute Gasteiger partial charge is 0.410 e. The molecule has 0 aromatic rings. The fraction of sp³-hybridized carbons (Fsp3) is 0.824. The van der Waals surface area contributed by atoms with Crippen LogP contribution in [0.5, 0.6) is 0 Å². The minimum atomic E-state index is -0.482. The van der Waals surface area contributed by atoms with Crippen molar-refractivity contribution in [1.29, 1.82) is 0 Å². The van der Waals surface area contributed by atoms with Gasteiger partial charge in [0.2, 0.25) is 5.91 Å². The number of rotatable bonds is 4. The van der Waals surface area contributed by atoms with E-state index >= 15 is 0 Å². The van der Waals surface area contributed by atoms with Gasteiger partial charge < -0.3 is 25.2 Å². The van der Waals surface area contributed by atoms with Crippen molar-refractivity contribution in [2.75, 3.05) is 32.7 Å². The molecule has 2 amide bonds. The molecule has 0 bridgehead atoms. The summed E-state index contributed by atoms with van der Waals surface area (Å²) in [6.45, 7) is 12.6. The van der Waals surface area contributed by atoms with E-state index < -0.39 is 5.60 Å². The zero-order valence-electron chi connectivity index (χ0n) is 16.4. The molecule has 1 saturated heterocycles. The minimum Gasteiger partial charge on any atom is -0.444 e. The van der Waals surface area contributed by atoms with Crippen LogP contribution in [0.25, 0.3) is 0 Å². The topological polar surface area (TPSA) is 86.3 Å². The molecular formula is C17H32IN5O3. The summed E-state index contributed by atoms with van der Waals surface area (Å²) in [5.74, 6) is 0.860. The minimum absolute atomic E-state index is 0. The Morgan fingerprint density at radius 2 is 2.00 bits per heavy atom. The van der Waals surface area contributed by atoms with Crippen molar-refractivity contribution < 1.29 is 14.3 Å². The van der Waals surface area contributed by atoms with Crippen molar-refractivity contribution in [1.82, 2.24) is 20.4 Å². The predicted octanol–water partition coefficient (Wildman–Crippen LogP) is 1.40. The Kier molecular flexibility index (Phi) is 8.42. The molecule has 2 aliphatic rings. The van der Waals surface area contributed by atoms with Gasteiger partial charge in [0.05, 0.1) is 12.6 Å². The standard InChI is InChI=1S/C17H31N5O3.HI/c1-12(2)20-14(23)6-7-18-15-19-10-13-11-21(8-9-22(13)15)16(24)25-17(3,4)5;/h12-13H,6-11H2,1-5H3,(H,18,19)(H,20,23);1H. The van der Waals surface area contributed by atoms with Crippen molar-refractivity contribution in [3.8, 4) is 0 Å². The molecule has 0 aliphatic carbocycles. The summed E-state index contributed by atoms with van der Waals surface area (Å²) in [5.41, 5.74) is -0.482. The molecule has 0 aromatic heterocycles. The first-order valence-electron chi connectivity index (χ1n) is 8.98. The second kappa shape index (κ2) is 9.61. The first-order valence-corrected chi connectivity index (χ1v) is 8.98. The predicted molar refractivity (Wildman–Crippen MR) is 112 cm³/mol. The number of nitrogens with zero attached hydrogens (tertiary/aromatic N) is 3. The van der Waals surface area contributed by atoms with Gasteiger partial charge in [-0.3, -0.25) is 9.79 Å². The summed E-state index contributed by atoms with van der Waals surface area (Å²) in [6.07, 6.45) is 0.152. The fourth-order valence-electron chi connectivity index (χ4n) is 2.90. The number of guanidine groups is 1. The maximum absolute atomic E-state index is 12.2. The summed E-state index contributed by atoms with van der Waals surface area (Å²) >= 11 is 0. The number of hydrogen-bond donors (Lipinski definition) is 2. The number of fused-ring (bicyclic) bond motifs is 1. The summed E-state index contributed by atoms with van der Waals surface area (Å²) in [7, 11) is 0. The Labute approximate surface area is 173 Å². The number of hydrogen-bond acceptors (Lipinski definition) is 6. The Morgan fingerprint density at radius 1 is 1.31 bits per heavy atom. The average molecular weight is 481 g/mol. The van der Waals surface area contributed by atoms with Crippen molar-refractivity contribution in [3.05, 3.63) is 0 Å². The lowest BCUT2D eigenvalue weighted by Gasteiger charge is -2.39. The fourth-order valence-corrected chi connectivity index (χ4v) is 2.90. The summed E-state index contributed by atoms with van der Waals surface area (Å²) in [5, 5.41) is 6.12. The number of nitrogens with one attached hydrogen (secondary N) is 2. The lowest BCUT2D eigenvalue weighted by atomic mass is 10.2. The van der Waals surface area contributed by atoms with Crippen LogP contribution in [0.4, 0.5) is 4.79 Å². The van der Waals surface area contributed by atoms with Crippen LogP contribution >= 0.6 is 24.0 Å². The molecule has 2 heterocycles. The molecule has 0 aromatic carbocycles. The third kappa shape index (κ3) is 6.81. The van der Waals surface area contributed by atoms with E-state index in [1.54, 1.807) is 4.90 Å². The largest absolute Gasteiger partial charge is 0.444 e. The molecule has 0 radical (unpaired) electrons. The van der Waals surface area contributed by atoms with Gasteiger partial charge in [0.25, 0.3) is 0 Å². The quantitative estimate of drug-likeness (QED) is 0.594. The van der Waals surface area contributed by atoms with Crippen LogP contribution in [0.15, 0.2) is 4.99 Å². The summed E-state index contributed by atoms with van der Waals surface area (Å²) in [4.78, 5) is 32.3. The van der Waals surface area contributed by atoms with Gasteiger partial charge in [-0.25, -0.2) is 4.79 Å². The zero-order valence-corrected chi connectivity index (χ0v) is 18.7. The highest BCUT2D eigenvalue weighted by Gasteiger charge is 2.36. The molecule has 2 rings (SSSR count). The molecule has 1 fully saturated rings. The normalized spacial score (nSPS) is 19.5. The third-order valence-corrected chi connectivity index (χ3v) is 3.94. The Morgan fingerprint density at radius 3 is 2.62 bits per heavy atom. The molecule has 2 N–H and O–H groups in total. The summed E-state index contributed by atoms with van der Waals surface area (Å²) < 4.78 is 5.45. The van der Waals surface area contributed by atoms with Crippen molar-refractivity contribution in [3.63, 3.8) is 0 Å². The van der Waals surface area contributed by atoms with Crippen LogP contribution in [-0.4, -0.2) is 78.2 Å². The second-order valence-electron chi connectivity index (χ2n) is 7.84. The van der Waals surface area contributed by atoms with E-state index in [2.05, 4.69) is 20.5 Å². The molecule has 0 spiro atoms. The van der Waals surface area contributed by atoms with Crippen LogP contribution in [0.1, 0.15) is 41.0 Å². The number of ether oxygens (including phenoxy) is 1. The van der Waals surface area contributed by atoms with Crippen LogP contribution in [-0.2, 0) is 9.53 Å². The molecule has 2 aliphatic heterocycles. The highest BCUT2D eigenvalue weighted by Crippen LogP contribution is 2.18. The monoisotopic (exact) mass is 481 g/mol. The van der Waals surface area contributed by atoms with E-state index in [4.69, 9.17) is 4.74 Å². The second-order valence-corrected chi connectivity index (χ2v) is 7.84. The van der Waals surface area contributed by atoms with Crippen LogP contribution < -0.4 is 10.6 Å². The van der Waals surface area contributed by atoms with E-state index in [1.807, 2.05) is 34.6 Å². The van der Waals surface area contributed by atoms with Crippen molar-refractivity contribution >= 4 is 41.9 Å². The number of amides is 2. The molecule has 8 nitrogen and oxygen atoms in total. The Bertz CT molecular complexity index is 533. The zero-order chi connectivity index (χ0) is 18.6. The van der Waals surface area contributed by atoms with Gasteiger partial charge in [-0.1, -0.05) is 0 Å². The average Bonchev–Trinajstić information content (AvgIpc) is 2.87. The lowest BCUT2D eigenvalue weighted by Crippen LogP contribution is -2.57. The first-order chi connectivity index (χ1) is 11.7. The number of halogens is 1. The SMILES string of the molecule is CC(C)NC(=O)CCNC1=NCC2CN(C(=O)OC(C)(C)C)CCN12.I. The highest BCUT2D eigenvalue weighted by molar-refractivity contribution is 14.0. The maximum atomic E-state index is 12.2. The van der Waals surface area contributed by atoms with E-state index in [-0.39, 0.29) is 48.1 Å². The van der Waals surface area contributed by atoms with Gasteiger partial charge in [0.1, 0.15) is 5.60 Å². The van der Waals surface area contributed by atoms with Gasteiger partial charge >= 0.3 is 6.09 Å². The number of carbonyl (C=O) groups excluding carboxylic acids is 2. The molecule has 9 heteroatoms. The Balaban J connectivity index is 0.00000338. The number of aliphatic imine (C=N–C) groups is 1. The van der Waals surface area contributed by atoms with Gasteiger partial charge in [-0.15, -0.1) is 24.0 Å². The van der Waals surface area contributed by atoms with Gasteiger partial charge in [-0.05, 0) is 34.6 Å². The molecule has 26 heavy (non-hydrogen) atoms. The maximum Gasteiger partial charge on any atom is 0.410 e. The van der Waals surface area contributed by atoms with E-state index in [0.717, 1.165) is 5.96 Å². The van der Waals surface area contributed by atoms with Crippen LogP contribution in [0.3, 0.4) is 0 Å². The Hall–Kier alpha value is -1.26. The van der Waals surface area contributed by atoms with Crippen molar-refractivity contribution in [2.45, 2.75) is 58.7 Å². The summed E-state index contributed by atoms with van der Waals surface area (Å²) in [6, 6.07) is 0.329. The molecule has 1 atom stereocenters. The van der Waals surface area contributed by atoms with Gasteiger partial charge in [0.15, 0.2) is 5.96 Å². The number of piperazine rings is 1. The molecule has 1 unspecified atom stereocenters. The van der Waals surface area contributed by atoms with E-state index in [9.17, 15) is 9.59 Å². The van der Waals surface area contributed by atoms with Gasteiger partial charge in [0, 0.05) is 38.6 Å². The van der Waals surface area contributed by atoms with E-state index in [1.165, 1.54) is 0 Å². The van der Waals surface area contributed by atoms with Crippen LogP contribution in [0.2, 0.25) is 0 Å². The van der Waals surface area contributed by atoms with Crippen molar-refractivity contribution in [2.24, 2.45) is 4.99 Å². The highest BCUT2D eigenvalue weighted by atomic mass is 127. The lowest BCUT2D eigenvalue weighted by molar-refractivity contribution is -0.121. The van der Waals surface area contributed by atoms with Crippen LogP contribution in [0, 0.1) is 0 Å². The molecular weight excluding hydrogens is 449 g/mol. The third-order valence-electron chi connectivity index (χ3n) is 3.94. The molecule has 0 saturated carbocycles. The van der Waals surface area contributed by atoms with Gasteiger partial charge in [-0.2, -0.15) is 0 Å². The first kappa shape index (κ1) is 22.8. The number of carbonyl (C=O) groups is 2. The molecule has 150 valence electrons.